The van der Waals surface area contributed by atoms with E-state index < -0.39 is 13.9 Å². The standard InChI is InChI=1S/C25H38OSi.6CO.2Co/c1-20-12-10-13-21(2)17-19-25(26-27(8,9)23(3,4)5)18-11-14-22(16-15-20)24(25,6)7;6*1-2;;/h12,14-16H,2,10-11,13,18H2,1,3-9H3;;;;;;;;/q-2;;;;;;;;+2/b20-12-;;;;;;;;. The molecule has 0 fully saturated rings. The molecular formula is C31H38Co2O7Si. The summed E-state index contributed by atoms with van der Waals surface area (Å²) in [6.07, 6.45) is 13.0. The molecule has 0 N–H and O–H groups in total. The number of hydrogen-bond donors (Lipinski definition) is 0. The summed E-state index contributed by atoms with van der Waals surface area (Å²) < 4.78 is 52.1. The minimum atomic E-state index is -1.99. The zero-order valence-electron chi connectivity index (χ0n) is 24.9. The molecule has 226 valence electrons. The Balaban J connectivity index is -0.000000146. The van der Waals surface area contributed by atoms with Crippen LogP contribution in [0.2, 0.25) is 18.1 Å². The minimum absolute atomic E-state index is 0. The molecule has 1 atom stereocenters. The second kappa shape index (κ2) is 29.6. The predicted molar refractivity (Wildman–Crippen MR) is 144 cm³/mol. The number of hydrogen-bond acceptors (Lipinski definition) is 1. The van der Waals surface area contributed by atoms with E-state index in [9.17, 15) is 0 Å². The van der Waals surface area contributed by atoms with Gasteiger partial charge in [-0.15, -0.1) is 0 Å². The van der Waals surface area contributed by atoms with Crippen LogP contribution in [-0.4, -0.2) is 13.9 Å². The summed E-state index contributed by atoms with van der Waals surface area (Å²) in [5, 5.41) is 0.149. The molecule has 0 aromatic carbocycles. The molecule has 0 aromatic rings. The molecule has 0 aliphatic heterocycles. The minimum Gasteiger partial charge on any atom is 0 e. The Morgan fingerprint density at radius 3 is 1.73 bits per heavy atom. The van der Waals surface area contributed by atoms with Crippen molar-refractivity contribution in [2.24, 2.45) is 5.41 Å². The van der Waals surface area contributed by atoms with Crippen molar-refractivity contribution in [3.05, 3.63) is 88.2 Å². The molecule has 2 rings (SSSR count). The third-order valence-electron chi connectivity index (χ3n) is 6.71. The van der Waals surface area contributed by atoms with Crippen LogP contribution in [-0.2, 0) is 65.9 Å². The summed E-state index contributed by atoms with van der Waals surface area (Å²) >= 11 is 0. The van der Waals surface area contributed by atoms with E-state index in [1.165, 1.54) is 11.1 Å². The predicted octanol–water partition coefficient (Wildman–Crippen LogP) is 6.97. The fraction of sp³-hybridized carbons (Fsp3) is 0.484. The third-order valence-corrected chi connectivity index (χ3v) is 11.2. The Hall–Kier alpha value is -1.85. The molecule has 0 saturated heterocycles. The van der Waals surface area contributed by atoms with Crippen LogP contribution in [0.15, 0.2) is 35.5 Å². The molecule has 2 aliphatic carbocycles. The summed E-state index contributed by atoms with van der Waals surface area (Å²) in [6, 6.07) is 0. The quantitative estimate of drug-likeness (QED) is 0.134. The molecule has 0 aromatic heterocycles. The molecule has 0 amide bonds. The average molecular weight is 669 g/mol. The first kappa shape index (κ1) is 55.1. The SMILES string of the molecule is C=C1C#CC2(O[Si](C)(C)C(C)(C)C)CCC=C([CH-][CH-]/C(C)=C\CC1)C2(C)C.[C-]#[O+].[C-]#[O+].[C-]#[O+].[C-]#[O+].[C-]#[O+].[C-]#[O+].[Co+2].[Co]. The summed E-state index contributed by atoms with van der Waals surface area (Å²) in [6.45, 7) is 49.6. The van der Waals surface area contributed by atoms with Gasteiger partial charge >= 0.3 is 84.6 Å². The average Bonchev–Trinajstić information content (AvgIpc) is 2.94. The second-order valence-electron chi connectivity index (χ2n) is 10.2. The smallest absolute Gasteiger partial charge is 0 e. The zero-order valence-corrected chi connectivity index (χ0v) is 28.0. The third kappa shape index (κ3) is 18.3. The molecule has 0 spiro atoms. The fourth-order valence-corrected chi connectivity index (χ4v) is 5.12. The van der Waals surface area contributed by atoms with Gasteiger partial charge in [-0.1, -0.05) is 72.8 Å². The van der Waals surface area contributed by atoms with Crippen LogP contribution in [0.4, 0.5) is 0 Å². The summed E-state index contributed by atoms with van der Waals surface area (Å²) in [5.74, 6) is 7.04. The Morgan fingerprint density at radius 1 is 0.878 bits per heavy atom. The molecular weight excluding hydrogens is 630 g/mol. The van der Waals surface area contributed by atoms with Gasteiger partial charge in [-0.2, -0.15) is 0 Å². The molecule has 2 radical (unpaired) electrons. The molecule has 2 bridgehead atoms. The Labute approximate surface area is 269 Å². The summed E-state index contributed by atoms with van der Waals surface area (Å²) in [7, 11) is -1.99. The van der Waals surface area contributed by atoms with Crippen molar-refractivity contribution in [2.75, 3.05) is 0 Å². The van der Waals surface area contributed by atoms with Crippen LogP contribution < -0.4 is 0 Å². The number of fused-ring (bicyclic) bond motifs is 2. The Morgan fingerprint density at radius 2 is 1.32 bits per heavy atom. The van der Waals surface area contributed by atoms with Crippen molar-refractivity contribution in [3.63, 3.8) is 0 Å². The Bertz CT molecular complexity index is 933. The Kier molecular flexibility index (Phi) is 39.8. The molecule has 2 aliphatic rings. The van der Waals surface area contributed by atoms with Crippen LogP contribution in [0.1, 0.15) is 67.2 Å². The van der Waals surface area contributed by atoms with E-state index in [0.717, 1.165) is 31.3 Å². The molecule has 10 heteroatoms. The van der Waals surface area contributed by atoms with E-state index in [4.69, 9.17) is 32.3 Å². The van der Waals surface area contributed by atoms with E-state index >= 15 is 0 Å². The first-order valence-corrected chi connectivity index (χ1v) is 14.4. The van der Waals surface area contributed by atoms with Gasteiger partial charge in [-0.25, -0.2) is 23.3 Å². The van der Waals surface area contributed by atoms with Crippen LogP contribution in [0.3, 0.4) is 0 Å². The topological polar surface area (TPSA) is 129 Å². The van der Waals surface area contributed by atoms with Gasteiger partial charge in [0.25, 0.3) is 0 Å². The molecule has 41 heavy (non-hydrogen) atoms. The van der Waals surface area contributed by atoms with Gasteiger partial charge in [-0.05, 0) is 42.0 Å². The van der Waals surface area contributed by atoms with E-state index in [0.29, 0.717) is 0 Å². The number of allylic oxidation sites excluding steroid dienone is 4. The van der Waals surface area contributed by atoms with E-state index in [1.54, 1.807) is 0 Å². The van der Waals surface area contributed by atoms with Crippen molar-refractivity contribution >= 4 is 8.32 Å². The van der Waals surface area contributed by atoms with Gasteiger partial charge in [0.05, 0.1) is 0 Å². The monoisotopic (exact) mass is 668 g/mol. The van der Waals surface area contributed by atoms with Gasteiger partial charge in [-0.3, -0.25) is 12.8 Å². The van der Waals surface area contributed by atoms with Gasteiger partial charge in [0.2, 0.25) is 0 Å². The fourth-order valence-electron chi connectivity index (χ4n) is 3.53. The van der Waals surface area contributed by atoms with Crippen molar-refractivity contribution in [1.82, 2.24) is 0 Å². The first-order valence-electron chi connectivity index (χ1n) is 11.5. The first-order chi connectivity index (χ1) is 18.3. The summed E-state index contributed by atoms with van der Waals surface area (Å²) in [5.41, 5.74) is 3.00. The van der Waals surface area contributed by atoms with E-state index in [-0.39, 0.29) is 44.0 Å². The van der Waals surface area contributed by atoms with Gasteiger partial charge in [0.1, 0.15) is 5.60 Å². The van der Waals surface area contributed by atoms with Crippen LogP contribution in [0, 0.1) is 70.0 Å². The van der Waals surface area contributed by atoms with Crippen molar-refractivity contribution in [3.8, 4) is 11.8 Å². The molecule has 0 heterocycles. The van der Waals surface area contributed by atoms with Crippen molar-refractivity contribution in [1.29, 1.82) is 0 Å². The molecule has 7 nitrogen and oxygen atoms in total. The van der Waals surface area contributed by atoms with E-state index in [1.807, 2.05) is 0 Å². The number of rotatable bonds is 2. The van der Waals surface area contributed by atoms with Gasteiger partial charge in [0.15, 0.2) is 8.32 Å². The largest absolute Gasteiger partial charge is 2.00 e. The van der Waals surface area contributed by atoms with E-state index in [2.05, 4.69) is 138 Å². The van der Waals surface area contributed by atoms with Crippen LogP contribution in [0.5, 0.6) is 0 Å². The maximum absolute atomic E-state index is 7.50. The normalized spacial score (nSPS) is 18.8. The van der Waals surface area contributed by atoms with Gasteiger partial charge < -0.3 is 4.43 Å². The maximum Gasteiger partial charge on any atom is 2.00 e. The second-order valence-corrected chi connectivity index (χ2v) is 14.9. The van der Waals surface area contributed by atoms with Gasteiger partial charge in [0, 0.05) is 16.8 Å². The van der Waals surface area contributed by atoms with Crippen LogP contribution >= 0.6 is 0 Å². The summed E-state index contributed by atoms with van der Waals surface area (Å²) in [4.78, 5) is 0. The molecule has 1 unspecified atom stereocenters. The van der Waals surface area contributed by atoms with Crippen LogP contribution in [0.25, 0.3) is 0 Å². The van der Waals surface area contributed by atoms with Crippen molar-refractivity contribution in [2.45, 2.75) is 91.0 Å². The zero-order chi connectivity index (χ0) is 32.5. The van der Waals surface area contributed by atoms with Crippen molar-refractivity contribution < 1.29 is 65.9 Å². The molecule has 0 saturated carbocycles. The maximum atomic E-state index is 7.50.